The van der Waals surface area contributed by atoms with Gasteiger partial charge in [-0.3, -0.25) is 9.59 Å². The summed E-state index contributed by atoms with van der Waals surface area (Å²) in [4.78, 5) is 28.5. The van der Waals surface area contributed by atoms with Crippen LogP contribution in [0.3, 0.4) is 0 Å². The Kier molecular flexibility index (Phi) is 6.74. The van der Waals surface area contributed by atoms with Crippen LogP contribution < -0.4 is 10.9 Å². The molecule has 6 nitrogen and oxygen atoms in total. The number of benzene rings is 1. The number of aromatic nitrogens is 1. The molecule has 0 bridgehead atoms. The summed E-state index contributed by atoms with van der Waals surface area (Å²) >= 11 is 0. The summed E-state index contributed by atoms with van der Waals surface area (Å²) in [7, 11) is 2.11. The Morgan fingerprint density at radius 3 is 2.62 bits per heavy atom. The van der Waals surface area contributed by atoms with E-state index >= 15 is 0 Å². The maximum absolute atomic E-state index is 13.2. The Labute approximate surface area is 187 Å². The van der Waals surface area contributed by atoms with Gasteiger partial charge in [-0.15, -0.1) is 0 Å². The first kappa shape index (κ1) is 22.3. The molecule has 1 saturated carbocycles. The van der Waals surface area contributed by atoms with Gasteiger partial charge in [0.1, 0.15) is 17.2 Å². The van der Waals surface area contributed by atoms with Crippen molar-refractivity contribution in [2.24, 2.45) is 0 Å². The summed E-state index contributed by atoms with van der Waals surface area (Å²) in [6, 6.07) is 8.29. The molecule has 1 N–H and O–H groups in total. The Hall–Kier alpha value is -2.93. The fraction of sp³-hybridized carbons (Fsp3) is 0.440. The van der Waals surface area contributed by atoms with Crippen LogP contribution in [0.2, 0.25) is 0 Å². The molecule has 4 rings (SSSR count). The highest BCUT2D eigenvalue weighted by molar-refractivity contribution is 6.06. The van der Waals surface area contributed by atoms with Crippen LogP contribution in [-0.4, -0.2) is 41.6 Å². The molecule has 0 atom stereocenters. The van der Waals surface area contributed by atoms with Gasteiger partial charge in [0.15, 0.2) is 0 Å². The summed E-state index contributed by atoms with van der Waals surface area (Å²) in [5.41, 5.74) is 1.18. The fourth-order valence-electron chi connectivity index (χ4n) is 4.59. The summed E-state index contributed by atoms with van der Waals surface area (Å²) in [5.74, 6) is -0.195. The van der Waals surface area contributed by atoms with Crippen LogP contribution in [0.1, 0.15) is 53.8 Å². The number of carbonyl (C=O) groups excluding carboxylic acids is 1. The van der Waals surface area contributed by atoms with Crippen molar-refractivity contribution in [2.75, 3.05) is 20.1 Å². The van der Waals surface area contributed by atoms with Crippen molar-refractivity contribution in [3.63, 3.8) is 0 Å². The lowest BCUT2D eigenvalue weighted by molar-refractivity contribution is 0.0944. The first-order chi connectivity index (χ1) is 15.4. The number of carbonyl (C=O) groups is 1. The molecular formula is C25H30FN3O3. The van der Waals surface area contributed by atoms with Gasteiger partial charge in [0.25, 0.3) is 11.5 Å². The van der Waals surface area contributed by atoms with E-state index in [4.69, 9.17) is 4.42 Å². The monoisotopic (exact) mass is 439 g/mol. The van der Waals surface area contributed by atoms with Gasteiger partial charge in [0.2, 0.25) is 0 Å². The third kappa shape index (κ3) is 4.78. The van der Waals surface area contributed by atoms with Gasteiger partial charge in [-0.2, -0.15) is 0 Å². The smallest absolute Gasteiger partial charge is 0.262 e. The number of nitrogens with zero attached hydrogens (tertiary/aromatic N) is 2. The number of nitrogens with one attached hydrogen (secondary N) is 1. The molecule has 0 aliphatic heterocycles. The maximum atomic E-state index is 13.2. The highest BCUT2D eigenvalue weighted by atomic mass is 19.1. The highest BCUT2D eigenvalue weighted by Crippen LogP contribution is 2.23. The second-order valence-corrected chi connectivity index (χ2v) is 8.68. The van der Waals surface area contributed by atoms with E-state index in [1.165, 1.54) is 48.8 Å². The van der Waals surface area contributed by atoms with Gasteiger partial charge in [0, 0.05) is 25.3 Å². The predicted octanol–water partition coefficient (Wildman–Crippen LogP) is 4.08. The fourth-order valence-corrected chi connectivity index (χ4v) is 4.59. The molecule has 1 aliphatic rings. The van der Waals surface area contributed by atoms with Gasteiger partial charge in [-0.1, -0.05) is 31.4 Å². The van der Waals surface area contributed by atoms with E-state index in [0.29, 0.717) is 29.5 Å². The normalized spacial score (nSPS) is 14.9. The van der Waals surface area contributed by atoms with E-state index in [-0.39, 0.29) is 29.2 Å². The second kappa shape index (κ2) is 9.69. The van der Waals surface area contributed by atoms with Crippen LogP contribution in [-0.2, 0) is 6.54 Å². The number of pyridine rings is 1. The number of furan rings is 1. The maximum Gasteiger partial charge on any atom is 0.262 e. The molecule has 0 saturated heterocycles. The van der Waals surface area contributed by atoms with Gasteiger partial charge < -0.3 is 19.2 Å². The van der Waals surface area contributed by atoms with Crippen LogP contribution in [0.25, 0.3) is 11.0 Å². The predicted molar refractivity (Wildman–Crippen MR) is 123 cm³/mol. The Balaban J connectivity index is 1.50. The molecule has 1 aliphatic carbocycles. The van der Waals surface area contributed by atoms with E-state index in [2.05, 4.69) is 17.3 Å². The number of rotatable bonds is 7. The summed E-state index contributed by atoms with van der Waals surface area (Å²) in [5, 5.41) is 3.24. The van der Waals surface area contributed by atoms with Crippen LogP contribution in [0, 0.1) is 12.7 Å². The van der Waals surface area contributed by atoms with Crippen molar-refractivity contribution in [2.45, 2.75) is 51.6 Å². The van der Waals surface area contributed by atoms with Crippen LogP contribution in [0.15, 0.2) is 45.7 Å². The minimum atomic E-state index is -0.324. The third-order valence-corrected chi connectivity index (χ3v) is 6.43. The molecule has 1 amide bonds. The number of hydrogen-bond donors (Lipinski definition) is 1. The van der Waals surface area contributed by atoms with Crippen LogP contribution in [0.5, 0.6) is 0 Å². The lowest BCUT2D eigenvalue weighted by Crippen LogP contribution is -2.39. The Morgan fingerprint density at radius 1 is 1.19 bits per heavy atom. The van der Waals surface area contributed by atoms with Crippen molar-refractivity contribution in [3.8, 4) is 0 Å². The Bertz CT molecular complexity index is 1140. The average Bonchev–Trinajstić information content (AvgIpc) is 3.14. The third-order valence-electron chi connectivity index (χ3n) is 6.43. The standard InChI is InChI=1S/C25H30FN3O3/c1-17-22(24(30)27-13-15-28(2)20-6-4-3-5-7-20)23-21(32-17)12-14-29(25(23)31)16-18-8-10-19(26)11-9-18/h8-12,14,20H,3-7,13,15-16H2,1-2H3,(H,27,30). The lowest BCUT2D eigenvalue weighted by Gasteiger charge is -2.31. The van der Waals surface area contributed by atoms with E-state index in [1.807, 2.05) is 0 Å². The second-order valence-electron chi connectivity index (χ2n) is 8.68. The SMILES string of the molecule is Cc1oc2ccn(Cc3ccc(F)cc3)c(=O)c2c1C(=O)NCCN(C)C1CCCCC1. The molecule has 32 heavy (non-hydrogen) atoms. The number of likely N-dealkylation sites (N-methyl/N-ethyl adjacent to an activating group) is 1. The number of hydrogen-bond acceptors (Lipinski definition) is 4. The van der Waals surface area contributed by atoms with Crippen molar-refractivity contribution in [3.05, 3.63) is 69.6 Å². The van der Waals surface area contributed by atoms with Crippen LogP contribution >= 0.6 is 0 Å². The lowest BCUT2D eigenvalue weighted by atomic mass is 9.94. The molecule has 1 fully saturated rings. The largest absolute Gasteiger partial charge is 0.460 e. The number of halogens is 1. The minimum absolute atomic E-state index is 0.283. The molecule has 2 aromatic heterocycles. The first-order valence-electron chi connectivity index (χ1n) is 11.3. The Morgan fingerprint density at radius 2 is 1.91 bits per heavy atom. The van der Waals surface area contributed by atoms with Crippen molar-refractivity contribution < 1.29 is 13.6 Å². The van der Waals surface area contributed by atoms with E-state index < -0.39 is 0 Å². The highest BCUT2D eigenvalue weighted by Gasteiger charge is 2.22. The zero-order valence-electron chi connectivity index (χ0n) is 18.7. The molecule has 0 spiro atoms. The van der Waals surface area contributed by atoms with Gasteiger partial charge in [0.05, 0.1) is 17.5 Å². The minimum Gasteiger partial charge on any atom is -0.460 e. The number of fused-ring (bicyclic) bond motifs is 1. The van der Waals surface area contributed by atoms with E-state index in [9.17, 15) is 14.0 Å². The van der Waals surface area contributed by atoms with Crippen LogP contribution in [0.4, 0.5) is 4.39 Å². The molecule has 2 heterocycles. The molecule has 7 heteroatoms. The average molecular weight is 440 g/mol. The summed E-state index contributed by atoms with van der Waals surface area (Å²) < 4.78 is 20.4. The zero-order valence-corrected chi connectivity index (χ0v) is 18.7. The van der Waals surface area contributed by atoms with Gasteiger partial charge >= 0.3 is 0 Å². The quantitative estimate of drug-likeness (QED) is 0.602. The summed E-state index contributed by atoms with van der Waals surface area (Å²) in [6.07, 6.45) is 7.91. The molecule has 0 unspecified atom stereocenters. The number of amides is 1. The van der Waals surface area contributed by atoms with Crippen molar-refractivity contribution in [1.82, 2.24) is 14.8 Å². The zero-order chi connectivity index (χ0) is 22.7. The van der Waals surface area contributed by atoms with Gasteiger partial charge in [-0.05, 0) is 50.6 Å². The topological polar surface area (TPSA) is 67.5 Å². The first-order valence-corrected chi connectivity index (χ1v) is 11.3. The number of aryl methyl sites for hydroxylation is 1. The summed E-state index contributed by atoms with van der Waals surface area (Å²) in [6.45, 7) is 3.26. The van der Waals surface area contributed by atoms with Gasteiger partial charge in [-0.25, -0.2) is 4.39 Å². The molecule has 0 radical (unpaired) electrons. The van der Waals surface area contributed by atoms with Crippen molar-refractivity contribution >= 4 is 16.9 Å². The van der Waals surface area contributed by atoms with E-state index in [1.54, 1.807) is 31.3 Å². The molecular weight excluding hydrogens is 409 g/mol. The molecule has 1 aromatic carbocycles. The molecule has 170 valence electrons. The van der Waals surface area contributed by atoms with E-state index in [0.717, 1.165) is 12.1 Å². The molecule has 3 aromatic rings. The van der Waals surface area contributed by atoms with Crippen molar-refractivity contribution in [1.29, 1.82) is 0 Å².